The zero-order chi connectivity index (χ0) is 22.5. The van der Waals surface area contributed by atoms with Gasteiger partial charge in [-0.2, -0.15) is 5.10 Å². The van der Waals surface area contributed by atoms with Crippen LogP contribution in [0.5, 0.6) is 0 Å². The number of anilines is 2. The molecule has 0 radical (unpaired) electrons. The van der Waals surface area contributed by atoms with E-state index in [0.717, 1.165) is 76.4 Å². The standard InChI is InChI=1S/C25H25N7O/c1-31-22-5-3-15(10-17(22)12-24(31)33)16-2-4-20-19(11-16)25(30-29-20)21-13-27-14-23(28-21)32-8-6-18(26)7-9-32/h2-5,10-11,13-14,18H,6-9,12,26H2,1H3,(H,29,30). The Morgan fingerprint density at radius 3 is 2.70 bits per heavy atom. The molecule has 0 unspecified atom stereocenters. The van der Waals surface area contributed by atoms with Gasteiger partial charge in [0.25, 0.3) is 0 Å². The topological polar surface area (TPSA) is 104 Å². The second-order valence-electron chi connectivity index (χ2n) is 8.89. The van der Waals surface area contributed by atoms with Crippen LogP contribution in [0.1, 0.15) is 18.4 Å². The summed E-state index contributed by atoms with van der Waals surface area (Å²) in [5.74, 6) is 0.989. The van der Waals surface area contributed by atoms with Crippen molar-refractivity contribution in [2.75, 3.05) is 29.9 Å². The summed E-state index contributed by atoms with van der Waals surface area (Å²) in [7, 11) is 1.82. The number of carbonyl (C=O) groups is 1. The molecule has 2 aromatic heterocycles. The lowest BCUT2D eigenvalue weighted by molar-refractivity contribution is -0.117. The molecule has 33 heavy (non-hydrogen) atoms. The van der Waals surface area contributed by atoms with Crippen LogP contribution in [0.2, 0.25) is 0 Å². The molecule has 2 aliphatic rings. The predicted molar refractivity (Wildman–Crippen MR) is 129 cm³/mol. The number of fused-ring (bicyclic) bond motifs is 2. The minimum atomic E-state index is 0.129. The molecule has 4 heterocycles. The molecule has 166 valence electrons. The van der Waals surface area contributed by atoms with Crippen molar-refractivity contribution in [2.45, 2.75) is 25.3 Å². The SMILES string of the molecule is CN1C(=O)Cc2cc(-c3ccc4[nH]nc(-c5cncc(N6CCC(N)CC6)n5)c4c3)ccc21. The maximum atomic E-state index is 12.1. The van der Waals surface area contributed by atoms with Crippen molar-refractivity contribution in [2.24, 2.45) is 5.73 Å². The molecular formula is C25H25N7O. The number of nitrogens with one attached hydrogen (secondary N) is 1. The lowest BCUT2D eigenvalue weighted by Crippen LogP contribution is -2.40. The van der Waals surface area contributed by atoms with E-state index in [4.69, 9.17) is 10.7 Å². The second kappa shape index (κ2) is 7.67. The van der Waals surface area contributed by atoms with E-state index in [1.165, 1.54) is 0 Å². The fourth-order valence-corrected chi connectivity index (χ4v) is 4.79. The molecule has 3 N–H and O–H groups in total. The summed E-state index contributed by atoms with van der Waals surface area (Å²) < 4.78 is 0. The highest BCUT2D eigenvalue weighted by atomic mass is 16.2. The van der Waals surface area contributed by atoms with E-state index in [1.807, 2.05) is 25.4 Å². The van der Waals surface area contributed by atoms with E-state index in [1.54, 1.807) is 11.1 Å². The van der Waals surface area contributed by atoms with E-state index in [2.05, 4.69) is 44.3 Å². The fraction of sp³-hybridized carbons (Fsp3) is 0.280. The molecule has 2 aromatic carbocycles. The summed E-state index contributed by atoms with van der Waals surface area (Å²) in [6, 6.07) is 12.7. The quantitative estimate of drug-likeness (QED) is 0.508. The molecule has 1 fully saturated rings. The van der Waals surface area contributed by atoms with Crippen LogP contribution in [0.15, 0.2) is 48.8 Å². The third-order valence-corrected chi connectivity index (χ3v) is 6.78. The maximum Gasteiger partial charge on any atom is 0.231 e. The van der Waals surface area contributed by atoms with Crippen LogP contribution in [0.25, 0.3) is 33.4 Å². The van der Waals surface area contributed by atoms with Gasteiger partial charge < -0.3 is 15.5 Å². The van der Waals surface area contributed by atoms with Crippen molar-refractivity contribution in [3.8, 4) is 22.5 Å². The average Bonchev–Trinajstić information content (AvgIpc) is 3.39. The van der Waals surface area contributed by atoms with E-state index in [-0.39, 0.29) is 11.9 Å². The summed E-state index contributed by atoms with van der Waals surface area (Å²) in [4.78, 5) is 25.4. The van der Waals surface area contributed by atoms with Gasteiger partial charge in [-0.3, -0.25) is 14.9 Å². The van der Waals surface area contributed by atoms with Crippen LogP contribution in [0.4, 0.5) is 11.5 Å². The fourth-order valence-electron chi connectivity index (χ4n) is 4.79. The number of nitrogens with zero attached hydrogens (tertiary/aromatic N) is 5. The number of carbonyl (C=O) groups excluding carboxylic acids is 1. The summed E-state index contributed by atoms with van der Waals surface area (Å²) in [5, 5.41) is 8.68. The predicted octanol–water partition coefficient (Wildman–Crippen LogP) is 3.13. The first-order valence-corrected chi connectivity index (χ1v) is 11.3. The molecule has 0 saturated carbocycles. The average molecular weight is 440 g/mol. The smallest absolute Gasteiger partial charge is 0.231 e. The number of rotatable bonds is 3. The van der Waals surface area contributed by atoms with Gasteiger partial charge in [-0.1, -0.05) is 12.1 Å². The van der Waals surface area contributed by atoms with Crippen molar-refractivity contribution >= 4 is 28.3 Å². The van der Waals surface area contributed by atoms with Crippen LogP contribution in [-0.4, -0.2) is 52.3 Å². The van der Waals surface area contributed by atoms with Crippen LogP contribution in [0.3, 0.4) is 0 Å². The number of likely N-dealkylation sites (N-methyl/N-ethyl adjacent to an activating group) is 1. The van der Waals surface area contributed by atoms with Crippen molar-refractivity contribution in [1.82, 2.24) is 20.2 Å². The van der Waals surface area contributed by atoms with Crippen molar-refractivity contribution < 1.29 is 4.79 Å². The first-order valence-electron chi connectivity index (χ1n) is 11.3. The maximum absolute atomic E-state index is 12.1. The Labute approximate surface area is 191 Å². The van der Waals surface area contributed by atoms with E-state index in [9.17, 15) is 4.79 Å². The highest BCUT2D eigenvalue weighted by Crippen LogP contribution is 2.34. The van der Waals surface area contributed by atoms with Gasteiger partial charge in [0.05, 0.1) is 24.3 Å². The van der Waals surface area contributed by atoms with Gasteiger partial charge >= 0.3 is 0 Å². The van der Waals surface area contributed by atoms with Gasteiger partial charge in [-0.25, -0.2) is 4.98 Å². The number of hydrogen-bond donors (Lipinski definition) is 2. The van der Waals surface area contributed by atoms with Crippen molar-refractivity contribution in [3.05, 3.63) is 54.4 Å². The Hall–Kier alpha value is -3.78. The Bertz CT molecular complexity index is 1370. The van der Waals surface area contributed by atoms with Crippen LogP contribution < -0.4 is 15.5 Å². The van der Waals surface area contributed by atoms with E-state index < -0.39 is 0 Å². The molecule has 0 aliphatic carbocycles. The van der Waals surface area contributed by atoms with Gasteiger partial charge in [0.2, 0.25) is 5.91 Å². The zero-order valence-corrected chi connectivity index (χ0v) is 18.5. The summed E-state index contributed by atoms with van der Waals surface area (Å²) in [5.41, 5.74) is 12.7. The monoisotopic (exact) mass is 439 g/mol. The first kappa shape index (κ1) is 19.9. The Kier molecular flexibility index (Phi) is 4.62. The molecule has 6 rings (SSSR count). The minimum absolute atomic E-state index is 0.129. The molecule has 1 saturated heterocycles. The highest BCUT2D eigenvalue weighted by Gasteiger charge is 2.24. The second-order valence-corrected chi connectivity index (χ2v) is 8.89. The third kappa shape index (κ3) is 3.43. The highest BCUT2D eigenvalue weighted by molar-refractivity contribution is 6.02. The van der Waals surface area contributed by atoms with Gasteiger partial charge in [-0.15, -0.1) is 0 Å². The van der Waals surface area contributed by atoms with Gasteiger partial charge in [0.15, 0.2) is 0 Å². The van der Waals surface area contributed by atoms with Crippen LogP contribution >= 0.6 is 0 Å². The molecule has 8 nitrogen and oxygen atoms in total. The molecule has 8 heteroatoms. The molecule has 4 aromatic rings. The minimum Gasteiger partial charge on any atom is -0.355 e. The van der Waals surface area contributed by atoms with Crippen molar-refractivity contribution in [1.29, 1.82) is 0 Å². The normalized spacial score (nSPS) is 16.6. The number of benzene rings is 2. The summed E-state index contributed by atoms with van der Waals surface area (Å²) in [6.07, 6.45) is 5.94. The third-order valence-electron chi connectivity index (χ3n) is 6.78. The molecule has 2 aliphatic heterocycles. The number of amides is 1. The molecule has 0 atom stereocenters. The van der Waals surface area contributed by atoms with Crippen LogP contribution in [0, 0.1) is 0 Å². The lowest BCUT2D eigenvalue weighted by atomic mass is 9.99. The number of nitrogens with two attached hydrogens (primary N) is 1. The number of hydrogen-bond acceptors (Lipinski definition) is 6. The number of aromatic nitrogens is 4. The first-order chi connectivity index (χ1) is 16.1. The molecule has 0 bridgehead atoms. The Morgan fingerprint density at radius 1 is 1.06 bits per heavy atom. The van der Waals surface area contributed by atoms with Gasteiger partial charge in [-0.05, 0) is 53.8 Å². The van der Waals surface area contributed by atoms with E-state index >= 15 is 0 Å². The molecule has 1 amide bonds. The Balaban J connectivity index is 1.37. The summed E-state index contributed by atoms with van der Waals surface area (Å²) >= 11 is 0. The molecular weight excluding hydrogens is 414 g/mol. The van der Waals surface area contributed by atoms with Crippen molar-refractivity contribution in [3.63, 3.8) is 0 Å². The number of H-pyrrole nitrogens is 1. The van der Waals surface area contributed by atoms with Crippen LogP contribution in [-0.2, 0) is 11.2 Å². The number of piperidine rings is 1. The van der Waals surface area contributed by atoms with Gasteiger partial charge in [0, 0.05) is 37.3 Å². The summed E-state index contributed by atoms with van der Waals surface area (Å²) in [6.45, 7) is 1.78. The number of aromatic amines is 1. The lowest BCUT2D eigenvalue weighted by Gasteiger charge is -2.30. The zero-order valence-electron chi connectivity index (χ0n) is 18.5. The largest absolute Gasteiger partial charge is 0.355 e. The Morgan fingerprint density at radius 2 is 1.85 bits per heavy atom. The van der Waals surface area contributed by atoms with Gasteiger partial charge in [0.1, 0.15) is 17.2 Å². The molecule has 0 spiro atoms. The van der Waals surface area contributed by atoms with E-state index in [0.29, 0.717) is 6.42 Å².